The van der Waals surface area contributed by atoms with Crippen LogP contribution in [0.25, 0.3) is 0 Å². The lowest BCUT2D eigenvalue weighted by Gasteiger charge is -2.21. The van der Waals surface area contributed by atoms with Gasteiger partial charge in [0.2, 0.25) is 0 Å². The molecule has 1 saturated carbocycles. The number of hydrogen-bond donors (Lipinski definition) is 1. The van der Waals surface area contributed by atoms with E-state index < -0.39 is 0 Å². The number of rotatable bonds is 5. The summed E-state index contributed by atoms with van der Waals surface area (Å²) < 4.78 is 2.04. The summed E-state index contributed by atoms with van der Waals surface area (Å²) in [6, 6.07) is 2.71. The van der Waals surface area contributed by atoms with Crippen molar-refractivity contribution in [2.45, 2.75) is 52.0 Å². The van der Waals surface area contributed by atoms with Gasteiger partial charge in [0.15, 0.2) is 0 Å². The predicted octanol–water partition coefficient (Wildman–Crippen LogP) is 2.96. The fourth-order valence-corrected chi connectivity index (χ4v) is 3.09. The van der Waals surface area contributed by atoms with Crippen molar-refractivity contribution in [3.05, 3.63) is 17.5 Å². The lowest BCUT2D eigenvalue weighted by atomic mass is 9.96. The normalized spacial score (nSPS) is 18.8. The van der Waals surface area contributed by atoms with Gasteiger partial charge in [0.05, 0.1) is 11.4 Å². The van der Waals surface area contributed by atoms with E-state index in [4.69, 9.17) is 0 Å². The average molecular weight is 235 g/mol. The third-order valence-electron chi connectivity index (χ3n) is 3.89. The summed E-state index contributed by atoms with van der Waals surface area (Å²) in [6.07, 6.45) is 6.95. The molecule has 3 heteroatoms. The first-order valence-electron chi connectivity index (χ1n) is 6.94. The summed E-state index contributed by atoms with van der Waals surface area (Å²) in [5.74, 6) is 0.911. The zero-order valence-corrected chi connectivity index (χ0v) is 11.4. The van der Waals surface area contributed by atoms with E-state index in [-0.39, 0.29) is 0 Å². The minimum atomic E-state index is 0.481. The Balaban J connectivity index is 2.07. The Morgan fingerprint density at radius 1 is 1.47 bits per heavy atom. The molecule has 0 aliphatic heterocycles. The summed E-state index contributed by atoms with van der Waals surface area (Å²) in [4.78, 5) is 0. The van der Waals surface area contributed by atoms with E-state index in [1.54, 1.807) is 0 Å². The molecule has 1 aromatic rings. The van der Waals surface area contributed by atoms with Crippen LogP contribution < -0.4 is 5.32 Å². The highest BCUT2D eigenvalue weighted by atomic mass is 15.3. The number of nitrogens with zero attached hydrogens (tertiary/aromatic N) is 2. The maximum Gasteiger partial charge on any atom is 0.0597 e. The molecular weight excluding hydrogens is 210 g/mol. The second kappa shape index (κ2) is 5.67. The van der Waals surface area contributed by atoms with Crippen LogP contribution in [-0.4, -0.2) is 16.3 Å². The van der Waals surface area contributed by atoms with Crippen molar-refractivity contribution >= 4 is 0 Å². The van der Waals surface area contributed by atoms with Gasteiger partial charge in [-0.15, -0.1) is 0 Å². The van der Waals surface area contributed by atoms with Gasteiger partial charge in [-0.1, -0.05) is 32.6 Å². The molecule has 0 radical (unpaired) electrons. The quantitative estimate of drug-likeness (QED) is 0.850. The number of aromatic nitrogens is 2. The van der Waals surface area contributed by atoms with Crippen molar-refractivity contribution in [1.82, 2.24) is 15.1 Å². The van der Waals surface area contributed by atoms with E-state index in [1.165, 1.54) is 37.8 Å². The van der Waals surface area contributed by atoms with Crippen LogP contribution in [0.2, 0.25) is 0 Å². The van der Waals surface area contributed by atoms with E-state index in [2.05, 4.69) is 37.4 Å². The zero-order chi connectivity index (χ0) is 12.3. The highest BCUT2D eigenvalue weighted by molar-refractivity contribution is 5.13. The van der Waals surface area contributed by atoms with Gasteiger partial charge in [-0.2, -0.15) is 5.10 Å². The van der Waals surface area contributed by atoms with Crippen LogP contribution in [0.15, 0.2) is 6.07 Å². The van der Waals surface area contributed by atoms with Gasteiger partial charge < -0.3 is 5.32 Å². The molecule has 2 rings (SSSR count). The van der Waals surface area contributed by atoms with E-state index in [1.807, 2.05) is 4.68 Å². The Kier molecular flexibility index (Phi) is 4.21. The second-order valence-corrected chi connectivity index (χ2v) is 5.33. The lowest BCUT2D eigenvalue weighted by molar-refractivity contribution is 0.385. The number of nitrogens with one attached hydrogen (secondary N) is 1. The lowest BCUT2D eigenvalue weighted by Crippen LogP contribution is -2.25. The third kappa shape index (κ3) is 3.09. The van der Waals surface area contributed by atoms with Crippen molar-refractivity contribution < 1.29 is 0 Å². The Morgan fingerprint density at radius 3 is 2.71 bits per heavy atom. The largest absolute Gasteiger partial charge is 0.309 e. The van der Waals surface area contributed by atoms with Crippen molar-refractivity contribution in [3.8, 4) is 0 Å². The first kappa shape index (κ1) is 12.6. The monoisotopic (exact) mass is 235 g/mol. The maximum atomic E-state index is 4.47. The molecule has 0 aromatic carbocycles. The summed E-state index contributed by atoms with van der Waals surface area (Å²) in [5, 5.41) is 8.08. The van der Waals surface area contributed by atoms with Crippen LogP contribution in [0.5, 0.6) is 0 Å². The van der Waals surface area contributed by atoms with Crippen LogP contribution in [0.4, 0.5) is 0 Å². The molecule has 96 valence electrons. The van der Waals surface area contributed by atoms with Crippen LogP contribution in [0, 0.1) is 12.8 Å². The summed E-state index contributed by atoms with van der Waals surface area (Å²) in [5.41, 5.74) is 2.47. The Morgan fingerprint density at radius 2 is 2.18 bits per heavy atom. The van der Waals surface area contributed by atoms with Crippen molar-refractivity contribution in [1.29, 1.82) is 0 Å². The minimum Gasteiger partial charge on any atom is -0.309 e. The van der Waals surface area contributed by atoms with E-state index in [0.717, 1.165) is 18.2 Å². The van der Waals surface area contributed by atoms with Gasteiger partial charge in [-0.3, -0.25) is 4.68 Å². The fraction of sp³-hybridized carbons (Fsp3) is 0.786. The SMILES string of the molecule is CCNC(CC1CCCC1)c1cc(C)nn1C. The molecule has 0 bridgehead atoms. The zero-order valence-electron chi connectivity index (χ0n) is 11.4. The first-order valence-corrected chi connectivity index (χ1v) is 6.94. The molecule has 1 unspecified atom stereocenters. The third-order valence-corrected chi connectivity index (χ3v) is 3.89. The molecule has 1 atom stereocenters. The van der Waals surface area contributed by atoms with Crippen molar-refractivity contribution in [3.63, 3.8) is 0 Å². The summed E-state index contributed by atoms with van der Waals surface area (Å²) in [7, 11) is 2.06. The fourth-order valence-electron chi connectivity index (χ4n) is 3.09. The molecule has 0 saturated heterocycles. The molecule has 1 fully saturated rings. The second-order valence-electron chi connectivity index (χ2n) is 5.33. The van der Waals surface area contributed by atoms with Crippen LogP contribution in [0.3, 0.4) is 0 Å². The van der Waals surface area contributed by atoms with Gasteiger partial charge >= 0.3 is 0 Å². The van der Waals surface area contributed by atoms with Gasteiger partial charge in [0, 0.05) is 13.1 Å². The molecular formula is C14H25N3. The van der Waals surface area contributed by atoms with Crippen molar-refractivity contribution in [2.24, 2.45) is 13.0 Å². The average Bonchev–Trinajstić information content (AvgIpc) is 2.88. The molecule has 1 aliphatic carbocycles. The molecule has 0 amide bonds. The van der Waals surface area contributed by atoms with E-state index >= 15 is 0 Å². The topological polar surface area (TPSA) is 29.9 Å². The van der Waals surface area contributed by atoms with Gasteiger partial charge in [-0.25, -0.2) is 0 Å². The first-order chi connectivity index (χ1) is 8.20. The number of aryl methyl sites for hydroxylation is 2. The summed E-state index contributed by atoms with van der Waals surface area (Å²) >= 11 is 0. The molecule has 1 heterocycles. The van der Waals surface area contributed by atoms with Gasteiger partial charge in [0.25, 0.3) is 0 Å². The highest BCUT2D eigenvalue weighted by Crippen LogP contribution is 2.32. The van der Waals surface area contributed by atoms with E-state index in [0.29, 0.717) is 6.04 Å². The molecule has 1 N–H and O–H groups in total. The standard InChI is InChI=1S/C14H25N3/c1-4-15-13(10-12-7-5-6-8-12)14-9-11(2)16-17(14)3/h9,12-13,15H,4-8,10H2,1-3H3. The summed E-state index contributed by atoms with van der Waals surface area (Å²) in [6.45, 7) is 5.29. The molecule has 1 aliphatic rings. The van der Waals surface area contributed by atoms with Crippen LogP contribution in [-0.2, 0) is 7.05 Å². The van der Waals surface area contributed by atoms with Crippen LogP contribution in [0.1, 0.15) is 56.5 Å². The van der Waals surface area contributed by atoms with E-state index in [9.17, 15) is 0 Å². The Labute approximate surface area is 105 Å². The molecule has 17 heavy (non-hydrogen) atoms. The maximum absolute atomic E-state index is 4.47. The predicted molar refractivity (Wildman–Crippen MR) is 70.9 cm³/mol. The Hall–Kier alpha value is -0.830. The highest BCUT2D eigenvalue weighted by Gasteiger charge is 2.22. The molecule has 1 aromatic heterocycles. The smallest absolute Gasteiger partial charge is 0.0597 e. The number of hydrogen-bond acceptors (Lipinski definition) is 2. The molecule has 3 nitrogen and oxygen atoms in total. The minimum absolute atomic E-state index is 0.481. The Bertz CT molecular complexity index is 350. The van der Waals surface area contributed by atoms with Gasteiger partial charge in [-0.05, 0) is 31.9 Å². The van der Waals surface area contributed by atoms with Crippen LogP contribution >= 0.6 is 0 Å². The van der Waals surface area contributed by atoms with Crippen molar-refractivity contribution in [2.75, 3.05) is 6.54 Å². The molecule has 0 spiro atoms. The van der Waals surface area contributed by atoms with Gasteiger partial charge in [0.1, 0.15) is 0 Å².